The molecule has 1 heterocycles. The summed E-state index contributed by atoms with van der Waals surface area (Å²) in [4.78, 5) is 15.4. The number of anilines is 2. The largest absolute Gasteiger partial charge is 0.399 e. The molecule has 0 aromatic heterocycles. The van der Waals surface area contributed by atoms with Crippen LogP contribution in [0.5, 0.6) is 0 Å². The van der Waals surface area contributed by atoms with E-state index in [9.17, 15) is 4.79 Å². The third-order valence-electron chi connectivity index (χ3n) is 3.51. The first-order valence-electron chi connectivity index (χ1n) is 6.76. The molecule has 0 unspecified atom stereocenters. The lowest BCUT2D eigenvalue weighted by Gasteiger charge is -2.36. The third-order valence-corrected chi connectivity index (χ3v) is 3.51. The normalized spacial score (nSPS) is 16.5. The van der Waals surface area contributed by atoms with Crippen LogP contribution in [0.4, 0.5) is 11.4 Å². The molecule has 1 fully saturated rings. The number of amides is 1. The van der Waals surface area contributed by atoms with Gasteiger partial charge in [0.15, 0.2) is 0 Å². The molecule has 19 heavy (non-hydrogen) atoms. The average molecular weight is 262 g/mol. The van der Waals surface area contributed by atoms with Crippen molar-refractivity contribution in [2.75, 3.05) is 43.4 Å². The standard InChI is InChI=1S/C14H22N4O/c15-12-3-1-4-13(11-12)18-9-7-17(8-10-18)6-2-5-14(16)19/h1,3-4,11H,2,5-10,15H2,(H2,16,19). The average Bonchev–Trinajstić information content (AvgIpc) is 2.39. The van der Waals surface area contributed by atoms with Crippen molar-refractivity contribution in [3.8, 4) is 0 Å². The van der Waals surface area contributed by atoms with Gasteiger partial charge in [-0.2, -0.15) is 0 Å². The molecule has 1 aromatic carbocycles. The summed E-state index contributed by atoms with van der Waals surface area (Å²) in [5.74, 6) is -0.210. The van der Waals surface area contributed by atoms with Crippen molar-refractivity contribution in [3.05, 3.63) is 24.3 Å². The second-order valence-electron chi connectivity index (χ2n) is 4.99. The van der Waals surface area contributed by atoms with Gasteiger partial charge in [-0.1, -0.05) is 6.07 Å². The molecule has 1 saturated heterocycles. The zero-order valence-corrected chi connectivity index (χ0v) is 11.2. The smallest absolute Gasteiger partial charge is 0.217 e. The Morgan fingerprint density at radius 3 is 2.58 bits per heavy atom. The SMILES string of the molecule is NC(=O)CCCN1CCN(c2cccc(N)c2)CC1. The highest BCUT2D eigenvalue weighted by atomic mass is 16.1. The fourth-order valence-electron chi connectivity index (χ4n) is 2.43. The van der Waals surface area contributed by atoms with Crippen molar-refractivity contribution in [1.82, 2.24) is 4.90 Å². The third kappa shape index (κ3) is 4.13. The van der Waals surface area contributed by atoms with E-state index in [0.29, 0.717) is 6.42 Å². The zero-order valence-electron chi connectivity index (χ0n) is 11.2. The number of benzene rings is 1. The number of nitrogen functional groups attached to an aromatic ring is 1. The Morgan fingerprint density at radius 1 is 1.21 bits per heavy atom. The van der Waals surface area contributed by atoms with Crippen LogP contribution in [0.1, 0.15) is 12.8 Å². The van der Waals surface area contributed by atoms with E-state index >= 15 is 0 Å². The molecule has 5 heteroatoms. The van der Waals surface area contributed by atoms with E-state index in [2.05, 4.69) is 15.9 Å². The molecule has 1 aromatic rings. The van der Waals surface area contributed by atoms with Gasteiger partial charge in [0.2, 0.25) is 5.91 Å². The van der Waals surface area contributed by atoms with Crippen LogP contribution < -0.4 is 16.4 Å². The predicted molar refractivity (Wildman–Crippen MR) is 77.9 cm³/mol. The number of nitrogens with zero attached hydrogens (tertiary/aromatic N) is 2. The molecule has 0 saturated carbocycles. The van der Waals surface area contributed by atoms with Gasteiger partial charge in [-0.25, -0.2) is 0 Å². The molecule has 1 aliphatic heterocycles. The Labute approximate surface area is 114 Å². The Kier molecular flexibility index (Phi) is 4.63. The van der Waals surface area contributed by atoms with E-state index in [1.54, 1.807) is 0 Å². The first-order valence-corrected chi connectivity index (χ1v) is 6.76. The molecule has 0 atom stereocenters. The van der Waals surface area contributed by atoms with E-state index in [4.69, 9.17) is 11.5 Å². The molecule has 104 valence electrons. The molecule has 2 rings (SSSR count). The number of nitrogens with two attached hydrogens (primary N) is 2. The molecule has 0 bridgehead atoms. The van der Waals surface area contributed by atoms with Gasteiger partial charge in [0.05, 0.1) is 0 Å². The number of primary amides is 1. The maximum atomic E-state index is 10.7. The highest BCUT2D eigenvalue weighted by Gasteiger charge is 2.16. The molecule has 1 aliphatic rings. The first kappa shape index (κ1) is 13.7. The molecule has 1 amide bonds. The van der Waals surface area contributed by atoms with Gasteiger partial charge < -0.3 is 16.4 Å². The lowest BCUT2D eigenvalue weighted by atomic mass is 10.2. The van der Waals surface area contributed by atoms with Gasteiger partial charge in [0.25, 0.3) is 0 Å². The summed E-state index contributed by atoms with van der Waals surface area (Å²) in [7, 11) is 0. The summed E-state index contributed by atoms with van der Waals surface area (Å²) < 4.78 is 0. The van der Waals surface area contributed by atoms with Crippen LogP contribution in [0.25, 0.3) is 0 Å². The summed E-state index contributed by atoms with van der Waals surface area (Å²) in [5, 5.41) is 0. The topological polar surface area (TPSA) is 75.6 Å². The van der Waals surface area contributed by atoms with E-state index in [0.717, 1.165) is 44.8 Å². The lowest BCUT2D eigenvalue weighted by molar-refractivity contribution is -0.118. The summed E-state index contributed by atoms with van der Waals surface area (Å²) in [5.41, 5.74) is 12.9. The van der Waals surface area contributed by atoms with Gasteiger partial charge in [0, 0.05) is 44.0 Å². The van der Waals surface area contributed by atoms with Crippen LogP contribution in [0.15, 0.2) is 24.3 Å². The van der Waals surface area contributed by atoms with E-state index in [-0.39, 0.29) is 5.91 Å². The number of hydrogen-bond donors (Lipinski definition) is 2. The molecular weight excluding hydrogens is 240 g/mol. The minimum Gasteiger partial charge on any atom is -0.399 e. The second kappa shape index (κ2) is 6.43. The van der Waals surface area contributed by atoms with E-state index in [1.165, 1.54) is 5.69 Å². The Hall–Kier alpha value is -1.75. The maximum Gasteiger partial charge on any atom is 0.217 e. The van der Waals surface area contributed by atoms with Gasteiger partial charge in [-0.15, -0.1) is 0 Å². The molecular formula is C14H22N4O. The van der Waals surface area contributed by atoms with Crippen LogP contribution in [0.3, 0.4) is 0 Å². The summed E-state index contributed by atoms with van der Waals surface area (Å²) >= 11 is 0. The first-order chi connectivity index (χ1) is 9.15. The fraction of sp³-hybridized carbons (Fsp3) is 0.500. The summed E-state index contributed by atoms with van der Waals surface area (Å²) in [6.07, 6.45) is 1.34. The Bertz CT molecular complexity index is 427. The van der Waals surface area contributed by atoms with Crippen LogP contribution in [0.2, 0.25) is 0 Å². The predicted octanol–water partition coefficient (Wildman–Crippen LogP) is 0.656. The van der Waals surface area contributed by atoms with Gasteiger partial charge in [-0.05, 0) is 31.2 Å². The molecule has 5 nitrogen and oxygen atoms in total. The van der Waals surface area contributed by atoms with Gasteiger partial charge in [-0.3, -0.25) is 9.69 Å². The fourth-order valence-corrected chi connectivity index (χ4v) is 2.43. The van der Waals surface area contributed by atoms with Gasteiger partial charge in [0.1, 0.15) is 0 Å². The minimum absolute atomic E-state index is 0.210. The monoisotopic (exact) mass is 262 g/mol. The summed E-state index contributed by atoms with van der Waals surface area (Å²) in [6, 6.07) is 8.01. The number of piperazine rings is 1. The number of rotatable bonds is 5. The van der Waals surface area contributed by atoms with Crippen molar-refractivity contribution in [3.63, 3.8) is 0 Å². The van der Waals surface area contributed by atoms with Crippen molar-refractivity contribution in [2.24, 2.45) is 5.73 Å². The number of carbonyl (C=O) groups excluding carboxylic acids is 1. The Morgan fingerprint density at radius 2 is 1.95 bits per heavy atom. The molecule has 4 N–H and O–H groups in total. The lowest BCUT2D eigenvalue weighted by Crippen LogP contribution is -2.46. The van der Waals surface area contributed by atoms with E-state index in [1.807, 2.05) is 18.2 Å². The number of hydrogen-bond acceptors (Lipinski definition) is 4. The second-order valence-corrected chi connectivity index (χ2v) is 4.99. The van der Waals surface area contributed by atoms with Crippen LogP contribution in [-0.2, 0) is 4.79 Å². The van der Waals surface area contributed by atoms with Crippen LogP contribution >= 0.6 is 0 Å². The quantitative estimate of drug-likeness (QED) is 0.764. The van der Waals surface area contributed by atoms with Crippen LogP contribution in [0, 0.1) is 0 Å². The maximum absolute atomic E-state index is 10.7. The molecule has 0 radical (unpaired) electrons. The van der Waals surface area contributed by atoms with Crippen LogP contribution in [-0.4, -0.2) is 43.5 Å². The molecule has 0 spiro atoms. The van der Waals surface area contributed by atoms with Crippen molar-refractivity contribution in [2.45, 2.75) is 12.8 Å². The zero-order chi connectivity index (χ0) is 13.7. The highest BCUT2D eigenvalue weighted by molar-refractivity contribution is 5.73. The van der Waals surface area contributed by atoms with Gasteiger partial charge >= 0.3 is 0 Å². The summed E-state index contributed by atoms with van der Waals surface area (Å²) in [6.45, 7) is 4.99. The minimum atomic E-state index is -0.210. The van der Waals surface area contributed by atoms with Crippen molar-refractivity contribution < 1.29 is 4.79 Å². The van der Waals surface area contributed by atoms with E-state index < -0.39 is 0 Å². The molecule has 0 aliphatic carbocycles. The highest BCUT2D eigenvalue weighted by Crippen LogP contribution is 2.19. The Balaban J connectivity index is 1.77. The van der Waals surface area contributed by atoms with Crippen molar-refractivity contribution >= 4 is 17.3 Å². The van der Waals surface area contributed by atoms with Crippen molar-refractivity contribution in [1.29, 1.82) is 0 Å². The number of carbonyl (C=O) groups is 1.